The van der Waals surface area contributed by atoms with E-state index in [1.165, 1.54) is 0 Å². The van der Waals surface area contributed by atoms with Gasteiger partial charge in [-0.3, -0.25) is 9.48 Å². The van der Waals surface area contributed by atoms with Crippen LogP contribution in [0.2, 0.25) is 0 Å². The van der Waals surface area contributed by atoms with E-state index < -0.39 is 0 Å². The fourth-order valence-corrected chi connectivity index (χ4v) is 0.895. The van der Waals surface area contributed by atoms with Crippen LogP contribution in [-0.2, 0) is 7.05 Å². The lowest BCUT2D eigenvalue weighted by Gasteiger charge is -1.90. The monoisotopic (exact) mass is 162 g/mol. The van der Waals surface area contributed by atoms with Crippen molar-refractivity contribution in [2.75, 3.05) is 0 Å². The molecule has 1 aromatic rings. The second-order valence-corrected chi connectivity index (χ2v) is 2.53. The molecule has 1 heterocycles. The molecule has 1 rings (SSSR count). The molecule has 0 aliphatic rings. The standard InChI is InChI=1S/C9H10N2O/c1-3-4-5-9(12)8-6-10-11(2)7-8/h1,6-7H,4-5H2,2H3. The Labute approximate surface area is 71.4 Å². The van der Waals surface area contributed by atoms with Crippen LogP contribution in [0, 0.1) is 12.3 Å². The molecule has 0 amide bonds. The average Bonchev–Trinajstić information content (AvgIpc) is 2.47. The molecule has 0 aromatic carbocycles. The minimum atomic E-state index is 0.0565. The summed E-state index contributed by atoms with van der Waals surface area (Å²) < 4.78 is 1.60. The maximum absolute atomic E-state index is 11.3. The SMILES string of the molecule is C#CCCC(=O)c1cnn(C)c1. The highest BCUT2D eigenvalue weighted by Gasteiger charge is 2.05. The van der Waals surface area contributed by atoms with E-state index in [0.29, 0.717) is 18.4 Å². The van der Waals surface area contributed by atoms with Gasteiger partial charge in [0.1, 0.15) is 0 Å². The number of aromatic nitrogens is 2. The van der Waals surface area contributed by atoms with Crippen molar-refractivity contribution in [3.05, 3.63) is 18.0 Å². The minimum absolute atomic E-state index is 0.0565. The second-order valence-electron chi connectivity index (χ2n) is 2.53. The van der Waals surface area contributed by atoms with Crippen LogP contribution in [0.5, 0.6) is 0 Å². The third-order valence-corrected chi connectivity index (χ3v) is 1.52. The Balaban J connectivity index is 2.61. The maximum Gasteiger partial charge on any atom is 0.166 e. The number of terminal acetylenes is 1. The number of carbonyl (C=O) groups excluding carboxylic acids is 1. The van der Waals surface area contributed by atoms with Gasteiger partial charge in [0.2, 0.25) is 0 Å². The maximum atomic E-state index is 11.3. The molecule has 0 N–H and O–H groups in total. The Hall–Kier alpha value is -1.56. The van der Waals surface area contributed by atoms with Crippen LogP contribution < -0.4 is 0 Å². The number of rotatable bonds is 3. The highest BCUT2D eigenvalue weighted by molar-refractivity contribution is 5.95. The number of Topliss-reactive ketones (excluding diaryl/α,β-unsaturated/α-hetero) is 1. The molecule has 0 saturated heterocycles. The van der Waals surface area contributed by atoms with Gasteiger partial charge in [0, 0.05) is 26.1 Å². The van der Waals surface area contributed by atoms with Gasteiger partial charge in [-0.05, 0) is 0 Å². The molecule has 0 bridgehead atoms. The smallest absolute Gasteiger partial charge is 0.166 e. The zero-order chi connectivity index (χ0) is 8.97. The average molecular weight is 162 g/mol. The number of hydrogen-bond acceptors (Lipinski definition) is 2. The quantitative estimate of drug-likeness (QED) is 0.491. The summed E-state index contributed by atoms with van der Waals surface area (Å²) in [4.78, 5) is 11.3. The van der Waals surface area contributed by atoms with Crippen molar-refractivity contribution in [1.29, 1.82) is 0 Å². The summed E-state index contributed by atoms with van der Waals surface area (Å²) in [6.07, 6.45) is 9.18. The van der Waals surface area contributed by atoms with Crippen LogP contribution in [0.3, 0.4) is 0 Å². The highest BCUT2D eigenvalue weighted by Crippen LogP contribution is 2.02. The minimum Gasteiger partial charge on any atom is -0.294 e. The van der Waals surface area contributed by atoms with Crippen LogP contribution in [-0.4, -0.2) is 15.6 Å². The van der Waals surface area contributed by atoms with Crippen LogP contribution >= 0.6 is 0 Å². The molecule has 3 heteroatoms. The molecule has 0 unspecified atom stereocenters. The lowest BCUT2D eigenvalue weighted by molar-refractivity contribution is 0.0984. The van der Waals surface area contributed by atoms with Gasteiger partial charge in [-0.15, -0.1) is 12.3 Å². The summed E-state index contributed by atoms with van der Waals surface area (Å²) in [6.45, 7) is 0. The molecule has 12 heavy (non-hydrogen) atoms. The van der Waals surface area contributed by atoms with E-state index in [1.54, 1.807) is 24.1 Å². The first-order valence-corrected chi connectivity index (χ1v) is 3.69. The van der Waals surface area contributed by atoms with Gasteiger partial charge in [-0.25, -0.2) is 0 Å². The lowest BCUT2D eigenvalue weighted by atomic mass is 10.1. The Morgan fingerprint density at radius 2 is 2.58 bits per heavy atom. The summed E-state index contributed by atoms with van der Waals surface area (Å²) in [5, 5.41) is 3.89. The normalized spacial score (nSPS) is 9.33. The van der Waals surface area contributed by atoms with Gasteiger partial charge in [-0.1, -0.05) is 0 Å². The van der Waals surface area contributed by atoms with Crippen molar-refractivity contribution in [2.24, 2.45) is 7.05 Å². The first kappa shape index (κ1) is 8.54. The van der Waals surface area contributed by atoms with Crippen LogP contribution in [0.1, 0.15) is 23.2 Å². The molecule has 0 aliphatic heterocycles. The van der Waals surface area contributed by atoms with E-state index in [4.69, 9.17) is 6.42 Å². The van der Waals surface area contributed by atoms with Crippen molar-refractivity contribution >= 4 is 5.78 Å². The Morgan fingerprint density at radius 3 is 3.08 bits per heavy atom. The van der Waals surface area contributed by atoms with Crippen molar-refractivity contribution in [3.63, 3.8) is 0 Å². The Morgan fingerprint density at radius 1 is 1.83 bits per heavy atom. The van der Waals surface area contributed by atoms with Gasteiger partial charge in [0.05, 0.1) is 11.8 Å². The predicted octanol–water partition coefficient (Wildman–Crippen LogP) is 1.02. The third-order valence-electron chi connectivity index (χ3n) is 1.52. The first-order chi connectivity index (χ1) is 5.74. The fraction of sp³-hybridized carbons (Fsp3) is 0.333. The highest BCUT2D eigenvalue weighted by atomic mass is 16.1. The van der Waals surface area contributed by atoms with Crippen molar-refractivity contribution in [1.82, 2.24) is 9.78 Å². The molecular formula is C9H10N2O. The zero-order valence-corrected chi connectivity index (χ0v) is 6.95. The Kier molecular flexibility index (Phi) is 2.65. The third kappa shape index (κ3) is 1.96. The molecule has 0 atom stereocenters. The van der Waals surface area contributed by atoms with E-state index in [-0.39, 0.29) is 5.78 Å². The van der Waals surface area contributed by atoms with Crippen molar-refractivity contribution in [3.8, 4) is 12.3 Å². The second kappa shape index (κ2) is 3.72. The topological polar surface area (TPSA) is 34.9 Å². The molecule has 0 radical (unpaired) electrons. The molecule has 1 aromatic heterocycles. The van der Waals surface area contributed by atoms with Crippen molar-refractivity contribution < 1.29 is 4.79 Å². The number of aryl methyl sites for hydroxylation is 1. The zero-order valence-electron chi connectivity index (χ0n) is 6.95. The van der Waals surface area contributed by atoms with Gasteiger partial charge in [-0.2, -0.15) is 5.10 Å². The lowest BCUT2D eigenvalue weighted by Crippen LogP contribution is -1.96. The summed E-state index contributed by atoms with van der Waals surface area (Å²) in [5.41, 5.74) is 0.632. The predicted molar refractivity (Wildman–Crippen MR) is 45.6 cm³/mol. The van der Waals surface area contributed by atoms with E-state index in [0.717, 1.165) is 0 Å². The van der Waals surface area contributed by atoms with Gasteiger partial charge >= 0.3 is 0 Å². The number of hydrogen-bond donors (Lipinski definition) is 0. The number of nitrogens with zero attached hydrogens (tertiary/aromatic N) is 2. The summed E-state index contributed by atoms with van der Waals surface area (Å²) in [6, 6.07) is 0. The molecule has 62 valence electrons. The van der Waals surface area contributed by atoms with E-state index in [1.807, 2.05) is 0 Å². The number of ketones is 1. The molecule has 0 saturated carbocycles. The largest absolute Gasteiger partial charge is 0.294 e. The molecular weight excluding hydrogens is 152 g/mol. The molecule has 0 spiro atoms. The van der Waals surface area contributed by atoms with E-state index in [2.05, 4.69) is 11.0 Å². The molecule has 3 nitrogen and oxygen atoms in total. The summed E-state index contributed by atoms with van der Waals surface area (Å²) in [5.74, 6) is 2.48. The number of carbonyl (C=O) groups is 1. The van der Waals surface area contributed by atoms with E-state index >= 15 is 0 Å². The molecule has 0 aliphatic carbocycles. The van der Waals surface area contributed by atoms with Crippen LogP contribution in [0.25, 0.3) is 0 Å². The van der Waals surface area contributed by atoms with E-state index in [9.17, 15) is 4.79 Å². The summed E-state index contributed by atoms with van der Waals surface area (Å²) >= 11 is 0. The van der Waals surface area contributed by atoms with Crippen LogP contribution in [0.15, 0.2) is 12.4 Å². The Bertz CT molecular complexity index is 320. The fourth-order valence-electron chi connectivity index (χ4n) is 0.895. The van der Waals surface area contributed by atoms with Gasteiger partial charge in [0.15, 0.2) is 5.78 Å². The van der Waals surface area contributed by atoms with Crippen molar-refractivity contribution in [2.45, 2.75) is 12.8 Å². The molecule has 0 fully saturated rings. The summed E-state index contributed by atoms with van der Waals surface area (Å²) in [7, 11) is 1.78. The first-order valence-electron chi connectivity index (χ1n) is 3.69. The van der Waals surface area contributed by atoms with Gasteiger partial charge in [0.25, 0.3) is 0 Å². The van der Waals surface area contributed by atoms with Gasteiger partial charge < -0.3 is 0 Å². The van der Waals surface area contributed by atoms with Crippen LogP contribution in [0.4, 0.5) is 0 Å².